The van der Waals surface area contributed by atoms with Crippen molar-refractivity contribution in [2.75, 3.05) is 20.3 Å². The molecular formula is C19H26N2O4. The number of nitrogens with zero attached hydrogens (tertiary/aromatic N) is 1. The van der Waals surface area contributed by atoms with Gasteiger partial charge in [-0.1, -0.05) is 12.1 Å². The second kappa shape index (κ2) is 8.67. The van der Waals surface area contributed by atoms with E-state index in [1.165, 1.54) is 6.08 Å². The van der Waals surface area contributed by atoms with Crippen LogP contribution in [-0.2, 0) is 14.3 Å². The molecule has 25 heavy (non-hydrogen) atoms. The summed E-state index contributed by atoms with van der Waals surface area (Å²) in [6.07, 6.45) is 3.14. The molecule has 1 fully saturated rings. The summed E-state index contributed by atoms with van der Waals surface area (Å²) >= 11 is 0. The summed E-state index contributed by atoms with van der Waals surface area (Å²) in [5.41, 5.74) is 0.880. The fourth-order valence-corrected chi connectivity index (χ4v) is 2.67. The van der Waals surface area contributed by atoms with E-state index < -0.39 is 6.04 Å². The fourth-order valence-electron chi connectivity index (χ4n) is 2.67. The van der Waals surface area contributed by atoms with E-state index in [4.69, 9.17) is 9.47 Å². The number of nitrogens with one attached hydrogen (secondary N) is 1. The molecule has 1 aromatic carbocycles. The summed E-state index contributed by atoms with van der Waals surface area (Å²) in [6.45, 7) is 6.65. The molecule has 1 aliphatic heterocycles. The second-order valence-corrected chi connectivity index (χ2v) is 6.32. The molecule has 0 radical (unpaired) electrons. The van der Waals surface area contributed by atoms with Crippen molar-refractivity contribution in [2.45, 2.75) is 39.0 Å². The lowest BCUT2D eigenvalue weighted by Crippen LogP contribution is -2.55. The molecule has 6 heteroatoms. The van der Waals surface area contributed by atoms with Gasteiger partial charge in [0.25, 0.3) is 0 Å². The minimum Gasteiger partial charge on any atom is -0.497 e. The van der Waals surface area contributed by atoms with Crippen LogP contribution < -0.4 is 10.1 Å². The van der Waals surface area contributed by atoms with E-state index in [2.05, 4.69) is 5.32 Å². The van der Waals surface area contributed by atoms with Gasteiger partial charge >= 0.3 is 0 Å². The van der Waals surface area contributed by atoms with E-state index >= 15 is 0 Å². The van der Waals surface area contributed by atoms with Crippen molar-refractivity contribution in [1.29, 1.82) is 0 Å². The highest BCUT2D eigenvalue weighted by atomic mass is 16.5. The molecule has 1 heterocycles. The summed E-state index contributed by atoms with van der Waals surface area (Å²) in [4.78, 5) is 26.4. The minimum absolute atomic E-state index is 0.0119. The van der Waals surface area contributed by atoms with Crippen molar-refractivity contribution >= 4 is 17.9 Å². The molecule has 1 saturated heterocycles. The van der Waals surface area contributed by atoms with Crippen LogP contribution in [0, 0.1) is 0 Å². The van der Waals surface area contributed by atoms with Crippen LogP contribution in [0.15, 0.2) is 30.3 Å². The van der Waals surface area contributed by atoms with E-state index in [9.17, 15) is 9.59 Å². The predicted octanol–water partition coefficient (Wildman–Crippen LogP) is 1.85. The summed E-state index contributed by atoms with van der Waals surface area (Å²) in [5, 5.41) is 2.72. The van der Waals surface area contributed by atoms with Crippen molar-refractivity contribution < 1.29 is 19.1 Å². The van der Waals surface area contributed by atoms with Crippen molar-refractivity contribution in [3.8, 4) is 5.75 Å². The van der Waals surface area contributed by atoms with Gasteiger partial charge in [-0.15, -0.1) is 0 Å². The van der Waals surface area contributed by atoms with Crippen LogP contribution in [0.2, 0.25) is 0 Å². The maximum atomic E-state index is 12.6. The molecule has 1 aromatic rings. The highest BCUT2D eigenvalue weighted by Crippen LogP contribution is 2.13. The highest BCUT2D eigenvalue weighted by molar-refractivity contribution is 5.95. The van der Waals surface area contributed by atoms with Gasteiger partial charge in [0.1, 0.15) is 11.8 Å². The quantitative estimate of drug-likeness (QED) is 0.826. The zero-order valence-corrected chi connectivity index (χ0v) is 15.2. The SMILES string of the molecule is COc1ccc(C=CC(=O)NC(C)C(=O)N2CC(C)OCC2C)cc1. The number of amides is 2. The van der Waals surface area contributed by atoms with Crippen molar-refractivity contribution in [2.24, 2.45) is 0 Å². The average molecular weight is 346 g/mol. The lowest BCUT2D eigenvalue weighted by atomic mass is 10.1. The molecule has 1 aliphatic rings. The Morgan fingerprint density at radius 2 is 2.00 bits per heavy atom. The summed E-state index contributed by atoms with van der Waals surface area (Å²) in [6, 6.07) is 6.79. The number of benzene rings is 1. The van der Waals surface area contributed by atoms with Crippen LogP contribution in [0.25, 0.3) is 6.08 Å². The van der Waals surface area contributed by atoms with Crippen LogP contribution in [0.1, 0.15) is 26.3 Å². The number of hydrogen-bond donors (Lipinski definition) is 1. The molecule has 0 aliphatic carbocycles. The van der Waals surface area contributed by atoms with E-state index in [0.29, 0.717) is 13.2 Å². The average Bonchev–Trinajstić information content (AvgIpc) is 2.61. The molecule has 0 bridgehead atoms. The number of carbonyl (C=O) groups excluding carboxylic acids is 2. The number of carbonyl (C=O) groups is 2. The fraction of sp³-hybridized carbons (Fsp3) is 0.474. The molecule has 3 unspecified atom stereocenters. The first-order chi connectivity index (χ1) is 11.9. The van der Waals surface area contributed by atoms with Gasteiger partial charge in [0.2, 0.25) is 11.8 Å². The molecule has 3 atom stereocenters. The number of rotatable bonds is 5. The van der Waals surface area contributed by atoms with Crippen LogP contribution in [-0.4, -0.2) is 55.2 Å². The third-order valence-electron chi connectivity index (χ3n) is 4.16. The van der Waals surface area contributed by atoms with Crippen molar-refractivity contribution in [1.82, 2.24) is 10.2 Å². The summed E-state index contributed by atoms with van der Waals surface area (Å²) in [7, 11) is 1.60. The second-order valence-electron chi connectivity index (χ2n) is 6.32. The Morgan fingerprint density at radius 3 is 2.64 bits per heavy atom. The third kappa shape index (κ3) is 5.32. The standard InChI is InChI=1S/C19H26N2O4/c1-13-12-25-14(2)11-21(13)19(23)15(3)20-18(22)10-7-16-5-8-17(24-4)9-6-16/h5-10,13-15H,11-12H2,1-4H3,(H,20,22). The number of hydrogen-bond acceptors (Lipinski definition) is 4. The Kier molecular flexibility index (Phi) is 6.58. The summed E-state index contributed by atoms with van der Waals surface area (Å²) < 4.78 is 10.6. The first-order valence-electron chi connectivity index (χ1n) is 8.45. The first kappa shape index (κ1) is 19.0. The van der Waals surface area contributed by atoms with Crippen LogP contribution >= 0.6 is 0 Å². The Labute approximate surface area is 148 Å². The molecule has 0 saturated carbocycles. The molecule has 2 amide bonds. The summed E-state index contributed by atoms with van der Waals surface area (Å²) in [5.74, 6) is 0.370. The lowest BCUT2D eigenvalue weighted by Gasteiger charge is -2.38. The Bertz CT molecular complexity index is 627. The van der Waals surface area contributed by atoms with Crippen molar-refractivity contribution in [3.05, 3.63) is 35.9 Å². The predicted molar refractivity (Wildman–Crippen MR) is 96.2 cm³/mol. The van der Waals surface area contributed by atoms with Crippen LogP contribution in [0.3, 0.4) is 0 Å². The number of ether oxygens (including phenoxy) is 2. The van der Waals surface area contributed by atoms with Crippen LogP contribution in [0.5, 0.6) is 5.75 Å². The smallest absolute Gasteiger partial charge is 0.245 e. The maximum absolute atomic E-state index is 12.6. The first-order valence-corrected chi connectivity index (χ1v) is 8.45. The molecular weight excluding hydrogens is 320 g/mol. The van der Waals surface area contributed by atoms with E-state index in [-0.39, 0.29) is 24.0 Å². The van der Waals surface area contributed by atoms with Gasteiger partial charge in [-0.25, -0.2) is 0 Å². The number of methoxy groups -OCH3 is 1. The Balaban J connectivity index is 1.90. The van der Waals surface area contributed by atoms with Gasteiger partial charge in [0.05, 0.1) is 25.9 Å². The Hall–Kier alpha value is -2.34. The molecule has 0 spiro atoms. The zero-order chi connectivity index (χ0) is 18.4. The van der Waals surface area contributed by atoms with E-state index in [1.807, 2.05) is 38.1 Å². The maximum Gasteiger partial charge on any atom is 0.245 e. The van der Waals surface area contributed by atoms with Gasteiger partial charge in [-0.05, 0) is 44.5 Å². The highest BCUT2D eigenvalue weighted by Gasteiger charge is 2.30. The van der Waals surface area contributed by atoms with Gasteiger partial charge < -0.3 is 19.7 Å². The van der Waals surface area contributed by atoms with E-state index in [1.54, 1.807) is 25.0 Å². The molecule has 6 nitrogen and oxygen atoms in total. The topological polar surface area (TPSA) is 67.9 Å². The molecule has 136 valence electrons. The lowest BCUT2D eigenvalue weighted by molar-refractivity contribution is -0.146. The van der Waals surface area contributed by atoms with Gasteiger partial charge in [0.15, 0.2) is 0 Å². The molecule has 2 rings (SSSR count). The minimum atomic E-state index is -0.583. The van der Waals surface area contributed by atoms with Gasteiger partial charge in [0, 0.05) is 12.6 Å². The van der Waals surface area contributed by atoms with Gasteiger partial charge in [-0.3, -0.25) is 9.59 Å². The van der Waals surface area contributed by atoms with E-state index in [0.717, 1.165) is 11.3 Å². The normalized spacial score (nSPS) is 21.8. The largest absolute Gasteiger partial charge is 0.497 e. The van der Waals surface area contributed by atoms with Gasteiger partial charge in [-0.2, -0.15) is 0 Å². The van der Waals surface area contributed by atoms with Crippen molar-refractivity contribution in [3.63, 3.8) is 0 Å². The van der Waals surface area contributed by atoms with Crippen LogP contribution in [0.4, 0.5) is 0 Å². The molecule has 0 aromatic heterocycles. The zero-order valence-electron chi connectivity index (χ0n) is 15.2. The monoisotopic (exact) mass is 346 g/mol. The third-order valence-corrected chi connectivity index (χ3v) is 4.16. The number of morpholine rings is 1. The Morgan fingerprint density at radius 1 is 1.32 bits per heavy atom. The molecule has 1 N–H and O–H groups in total.